The standard InChI is InChI=1S/C15H22N4OS/c1-3-4-5-6-14(20)17-13-9-7-12(8-10-13)11(2)18-19-15(16)21/h7-10H,3-6H2,1-2H3,(H,17,20)(H3,16,19,21). The van der Waals surface area contributed by atoms with Crippen LogP contribution in [0.15, 0.2) is 29.4 Å². The van der Waals surface area contributed by atoms with Crippen molar-refractivity contribution in [2.24, 2.45) is 10.8 Å². The molecule has 21 heavy (non-hydrogen) atoms. The molecule has 0 radical (unpaired) electrons. The van der Waals surface area contributed by atoms with E-state index < -0.39 is 0 Å². The van der Waals surface area contributed by atoms with Crippen LogP contribution in [-0.2, 0) is 4.79 Å². The number of nitrogens with one attached hydrogen (secondary N) is 2. The van der Waals surface area contributed by atoms with Crippen molar-refractivity contribution < 1.29 is 4.79 Å². The normalized spacial score (nSPS) is 11.0. The van der Waals surface area contributed by atoms with Crippen LogP contribution in [0.1, 0.15) is 45.1 Å². The number of nitrogens with zero attached hydrogens (tertiary/aromatic N) is 1. The van der Waals surface area contributed by atoms with E-state index in [0.717, 1.165) is 36.2 Å². The number of thiocarbonyl (C=S) groups is 1. The fourth-order valence-corrected chi connectivity index (χ4v) is 1.80. The van der Waals surface area contributed by atoms with Gasteiger partial charge in [-0.2, -0.15) is 5.10 Å². The summed E-state index contributed by atoms with van der Waals surface area (Å²) in [7, 11) is 0. The van der Waals surface area contributed by atoms with Gasteiger partial charge in [0.2, 0.25) is 5.91 Å². The molecule has 0 aliphatic rings. The Bertz CT molecular complexity index is 511. The fraction of sp³-hybridized carbons (Fsp3) is 0.400. The van der Waals surface area contributed by atoms with Crippen LogP contribution < -0.4 is 16.5 Å². The number of carbonyl (C=O) groups is 1. The second kappa shape index (κ2) is 9.07. The molecule has 1 amide bonds. The topological polar surface area (TPSA) is 79.5 Å². The lowest BCUT2D eigenvalue weighted by Crippen LogP contribution is -2.25. The lowest BCUT2D eigenvalue weighted by molar-refractivity contribution is -0.116. The first-order chi connectivity index (χ1) is 10.0. The van der Waals surface area contributed by atoms with E-state index in [0.29, 0.717) is 6.42 Å². The molecule has 0 bridgehead atoms. The molecule has 114 valence electrons. The largest absolute Gasteiger partial charge is 0.375 e. The van der Waals surface area contributed by atoms with Gasteiger partial charge < -0.3 is 11.1 Å². The summed E-state index contributed by atoms with van der Waals surface area (Å²) >= 11 is 4.69. The Kier molecular flexibility index (Phi) is 7.39. The second-order valence-corrected chi connectivity index (χ2v) is 5.20. The van der Waals surface area contributed by atoms with Gasteiger partial charge in [-0.3, -0.25) is 10.2 Å². The fourth-order valence-electron chi connectivity index (χ4n) is 1.76. The van der Waals surface area contributed by atoms with Crippen molar-refractivity contribution in [2.75, 3.05) is 5.32 Å². The highest BCUT2D eigenvalue weighted by Gasteiger charge is 2.03. The number of hydrazone groups is 1. The first-order valence-electron chi connectivity index (χ1n) is 7.03. The molecule has 0 aliphatic heterocycles. The summed E-state index contributed by atoms with van der Waals surface area (Å²) in [5.41, 5.74) is 10.3. The third kappa shape index (κ3) is 6.85. The van der Waals surface area contributed by atoms with Gasteiger partial charge in [0.1, 0.15) is 0 Å². The van der Waals surface area contributed by atoms with Gasteiger partial charge in [-0.05, 0) is 43.3 Å². The molecule has 0 saturated heterocycles. The number of anilines is 1. The molecular weight excluding hydrogens is 284 g/mol. The van der Waals surface area contributed by atoms with Gasteiger partial charge in [0.05, 0.1) is 5.71 Å². The molecule has 0 saturated carbocycles. The van der Waals surface area contributed by atoms with Gasteiger partial charge in [0.15, 0.2) is 5.11 Å². The summed E-state index contributed by atoms with van der Waals surface area (Å²) in [6, 6.07) is 7.49. The third-order valence-electron chi connectivity index (χ3n) is 2.93. The Balaban J connectivity index is 2.55. The van der Waals surface area contributed by atoms with E-state index in [1.807, 2.05) is 31.2 Å². The van der Waals surface area contributed by atoms with Gasteiger partial charge in [-0.25, -0.2) is 0 Å². The van der Waals surface area contributed by atoms with Crippen molar-refractivity contribution in [1.29, 1.82) is 0 Å². The lowest BCUT2D eigenvalue weighted by atomic mass is 10.1. The maximum Gasteiger partial charge on any atom is 0.224 e. The summed E-state index contributed by atoms with van der Waals surface area (Å²) in [5.74, 6) is 0.0525. The van der Waals surface area contributed by atoms with Crippen LogP contribution in [0.5, 0.6) is 0 Å². The van der Waals surface area contributed by atoms with E-state index in [2.05, 4.69) is 35.0 Å². The Morgan fingerprint density at radius 3 is 2.52 bits per heavy atom. The first kappa shape index (κ1) is 17.1. The van der Waals surface area contributed by atoms with Gasteiger partial charge >= 0.3 is 0 Å². The number of amides is 1. The van der Waals surface area contributed by atoms with Crippen LogP contribution in [0.2, 0.25) is 0 Å². The van der Waals surface area contributed by atoms with Gasteiger partial charge in [-0.1, -0.05) is 31.9 Å². The van der Waals surface area contributed by atoms with Crippen LogP contribution >= 0.6 is 12.2 Å². The average Bonchev–Trinajstić information content (AvgIpc) is 2.45. The molecule has 0 unspecified atom stereocenters. The van der Waals surface area contributed by atoms with E-state index in [1.54, 1.807) is 0 Å². The number of nitrogens with two attached hydrogens (primary N) is 1. The van der Waals surface area contributed by atoms with Crippen molar-refractivity contribution >= 4 is 34.6 Å². The summed E-state index contributed by atoms with van der Waals surface area (Å²) < 4.78 is 0. The van der Waals surface area contributed by atoms with E-state index in [4.69, 9.17) is 5.73 Å². The molecule has 0 aliphatic carbocycles. The molecule has 0 aromatic heterocycles. The molecule has 0 heterocycles. The van der Waals surface area contributed by atoms with Crippen LogP contribution in [0.4, 0.5) is 5.69 Å². The predicted octanol–water partition coefficient (Wildman–Crippen LogP) is 2.76. The zero-order valence-corrected chi connectivity index (χ0v) is 13.3. The maximum atomic E-state index is 11.7. The van der Waals surface area contributed by atoms with Crippen LogP contribution in [-0.4, -0.2) is 16.7 Å². The molecule has 5 nitrogen and oxygen atoms in total. The zero-order valence-electron chi connectivity index (χ0n) is 12.5. The third-order valence-corrected chi connectivity index (χ3v) is 3.02. The highest BCUT2D eigenvalue weighted by atomic mass is 32.1. The molecule has 1 aromatic rings. The highest BCUT2D eigenvalue weighted by molar-refractivity contribution is 7.80. The molecule has 0 atom stereocenters. The van der Waals surface area contributed by atoms with Gasteiger partial charge in [0, 0.05) is 12.1 Å². The molecule has 1 aromatic carbocycles. The number of carbonyl (C=O) groups excluding carboxylic acids is 1. The first-order valence-corrected chi connectivity index (χ1v) is 7.43. The predicted molar refractivity (Wildman–Crippen MR) is 91.3 cm³/mol. The second-order valence-electron chi connectivity index (χ2n) is 4.76. The van der Waals surface area contributed by atoms with Crippen molar-refractivity contribution in [3.8, 4) is 0 Å². The number of unbranched alkanes of at least 4 members (excludes halogenated alkanes) is 2. The summed E-state index contributed by atoms with van der Waals surface area (Å²) in [6.07, 6.45) is 3.68. The number of hydrogen-bond acceptors (Lipinski definition) is 3. The Morgan fingerprint density at radius 2 is 1.95 bits per heavy atom. The molecular formula is C15H22N4OS. The minimum Gasteiger partial charge on any atom is -0.375 e. The number of benzene rings is 1. The smallest absolute Gasteiger partial charge is 0.224 e. The molecule has 0 fully saturated rings. The summed E-state index contributed by atoms with van der Waals surface area (Å²) in [5, 5.41) is 7.06. The number of rotatable bonds is 7. The Labute approximate surface area is 131 Å². The van der Waals surface area contributed by atoms with Gasteiger partial charge in [0.25, 0.3) is 0 Å². The van der Waals surface area contributed by atoms with E-state index in [1.165, 1.54) is 0 Å². The maximum absolute atomic E-state index is 11.7. The van der Waals surface area contributed by atoms with Crippen LogP contribution in [0.25, 0.3) is 0 Å². The summed E-state index contributed by atoms with van der Waals surface area (Å²) in [6.45, 7) is 3.97. The molecule has 0 spiro atoms. The van der Waals surface area contributed by atoms with Crippen molar-refractivity contribution in [2.45, 2.75) is 39.5 Å². The van der Waals surface area contributed by atoms with Crippen LogP contribution in [0.3, 0.4) is 0 Å². The quantitative estimate of drug-likeness (QED) is 0.313. The minimum atomic E-state index is 0.0525. The molecule has 6 heteroatoms. The SMILES string of the molecule is CCCCCC(=O)Nc1ccc(C(C)=NNC(N)=S)cc1. The Hall–Kier alpha value is -1.95. The highest BCUT2D eigenvalue weighted by Crippen LogP contribution is 2.11. The average molecular weight is 306 g/mol. The van der Waals surface area contributed by atoms with E-state index >= 15 is 0 Å². The lowest BCUT2D eigenvalue weighted by Gasteiger charge is -2.07. The van der Waals surface area contributed by atoms with Crippen LogP contribution in [0, 0.1) is 0 Å². The van der Waals surface area contributed by atoms with Crippen molar-refractivity contribution in [3.05, 3.63) is 29.8 Å². The minimum absolute atomic E-state index is 0.0525. The number of hydrogen-bond donors (Lipinski definition) is 3. The van der Waals surface area contributed by atoms with Crippen molar-refractivity contribution in [3.63, 3.8) is 0 Å². The van der Waals surface area contributed by atoms with E-state index in [9.17, 15) is 4.79 Å². The van der Waals surface area contributed by atoms with Crippen molar-refractivity contribution in [1.82, 2.24) is 5.43 Å². The zero-order chi connectivity index (χ0) is 15.7. The molecule has 1 rings (SSSR count). The van der Waals surface area contributed by atoms with E-state index in [-0.39, 0.29) is 11.0 Å². The molecule has 4 N–H and O–H groups in total. The van der Waals surface area contributed by atoms with Gasteiger partial charge in [-0.15, -0.1) is 0 Å². The Morgan fingerprint density at radius 1 is 1.29 bits per heavy atom. The summed E-state index contributed by atoms with van der Waals surface area (Å²) in [4.78, 5) is 11.7. The monoisotopic (exact) mass is 306 g/mol.